The molecule has 0 heterocycles. The molecule has 14 heavy (non-hydrogen) atoms. The van der Waals surface area contributed by atoms with Crippen LogP contribution in [0.5, 0.6) is 0 Å². The first-order valence-corrected chi connectivity index (χ1v) is 3.90. The highest BCUT2D eigenvalue weighted by Gasteiger charge is 2.39. The van der Waals surface area contributed by atoms with Gasteiger partial charge in [-0.05, 0) is 0 Å². The summed E-state index contributed by atoms with van der Waals surface area (Å²) in [7, 11) is 0. The molecule has 0 saturated carbocycles. The molecule has 0 rings (SSSR count). The zero-order valence-electron chi connectivity index (χ0n) is 8.14. The van der Waals surface area contributed by atoms with Gasteiger partial charge in [0.2, 0.25) is 0 Å². The summed E-state index contributed by atoms with van der Waals surface area (Å²) < 4.78 is 36.1. The Kier molecular flexibility index (Phi) is 3.67. The number of oxime groups is 1. The molecular formula is C8H12F3NO2. The van der Waals surface area contributed by atoms with Crippen molar-refractivity contribution < 1.29 is 23.2 Å². The molecule has 0 aromatic rings. The van der Waals surface area contributed by atoms with E-state index in [-0.39, 0.29) is 0 Å². The molecule has 0 amide bonds. The maximum atomic E-state index is 12.0. The third-order valence-electron chi connectivity index (χ3n) is 1.61. The largest absolute Gasteiger partial charge is 0.433 e. The van der Waals surface area contributed by atoms with E-state index in [1.165, 1.54) is 20.8 Å². The van der Waals surface area contributed by atoms with Gasteiger partial charge in [-0.25, -0.2) is 0 Å². The predicted octanol–water partition coefficient (Wildman–Crippen LogP) is 2.38. The van der Waals surface area contributed by atoms with Gasteiger partial charge in [0.05, 0.1) is 6.42 Å². The van der Waals surface area contributed by atoms with E-state index in [1.54, 1.807) is 0 Å². The SMILES string of the molecule is CC(C)(C)C(=O)C/C(=N/O)C(F)(F)F. The number of nitrogens with zero attached hydrogens (tertiary/aromatic N) is 1. The number of carbonyl (C=O) groups excluding carboxylic acids is 1. The van der Waals surface area contributed by atoms with Crippen LogP contribution in [0.2, 0.25) is 0 Å². The van der Waals surface area contributed by atoms with Crippen LogP contribution in [0.25, 0.3) is 0 Å². The van der Waals surface area contributed by atoms with Crippen molar-refractivity contribution in [2.24, 2.45) is 10.6 Å². The standard InChI is InChI=1S/C8H12F3NO2/c1-7(2,3)6(13)4-5(12-14)8(9,10)11/h14H,4H2,1-3H3/b12-5-. The Bertz CT molecular complexity index is 250. The number of Topliss-reactive ketones (excluding diaryl/α,β-unsaturated/α-hetero) is 1. The second-order valence-electron chi connectivity index (χ2n) is 3.89. The fourth-order valence-electron chi connectivity index (χ4n) is 0.610. The number of hydrogen-bond acceptors (Lipinski definition) is 3. The van der Waals surface area contributed by atoms with Crippen LogP contribution in [0.3, 0.4) is 0 Å². The van der Waals surface area contributed by atoms with E-state index >= 15 is 0 Å². The fourth-order valence-corrected chi connectivity index (χ4v) is 0.610. The molecule has 0 aliphatic carbocycles. The molecule has 0 unspecified atom stereocenters. The number of hydrogen-bond donors (Lipinski definition) is 1. The lowest BCUT2D eigenvalue weighted by Crippen LogP contribution is -2.30. The van der Waals surface area contributed by atoms with Crippen molar-refractivity contribution in [3.8, 4) is 0 Å². The highest BCUT2D eigenvalue weighted by Crippen LogP contribution is 2.24. The van der Waals surface area contributed by atoms with Crippen molar-refractivity contribution >= 4 is 11.5 Å². The van der Waals surface area contributed by atoms with E-state index < -0.39 is 29.5 Å². The summed E-state index contributed by atoms with van der Waals surface area (Å²) in [6, 6.07) is 0. The monoisotopic (exact) mass is 211 g/mol. The Morgan fingerprint density at radius 3 is 1.93 bits per heavy atom. The molecule has 0 bridgehead atoms. The molecule has 0 radical (unpaired) electrons. The number of rotatable bonds is 2. The molecule has 0 saturated heterocycles. The van der Waals surface area contributed by atoms with Gasteiger partial charge in [-0.1, -0.05) is 25.9 Å². The maximum Gasteiger partial charge on any atom is 0.433 e. The first kappa shape index (κ1) is 12.9. The van der Waals surface area contributed by atoms with Crippen LogP contribution in [0.15, 0.2) is 5.16 Å². The van der Waals surface area contributed by atoms with Crippen LogP contribution in [0.1, 0.15) is 27.2 Å². The van der Waals surface area contributed by atoms with E-state index in [4.69, 9.17) is 5.21 Å². The third kappa shape index (κ3) is 3.76. The first-order valence-electron chi connectivity index (χ1n) is 3.90. The molecule has 82 valence electrons. The van der Waals surface area contributed by atoms with E-state index in [9.17, 15) is 18.0 Å². The second kappa shape index (κ2) is 3.98. The number of alkyl halides is 3. The van der Waals surface area contributed by atoms with Crippen molar-refractivity contribution in [3.05, 3.63) is 0 Å². The second-order valence-corrected chi connectivity index (χ2v) is 3.89. The lowest BCUT2D eigenvalue weighted by molar-refractivity contribution is -0.126. The van der Waals surface area contributed by atoms with Gasteiger partial charge in [0.1, 0.15) is 5.78 Å². The minimum atomic E-state index is -4.75. The Hall–Kier alpha value is -1.07. The molecule has 0 aromatic heterocycles. The maximum absolute atomic E-state index is 12.0. The smallest absolute Gasteiger partial charge is 0.411 e. The van der Waals surface area contributed by atoms with Gasteiger partial charge in [-0.3, -0.25) is 4.79 Å². The van der Waals surface area contributed by atoms with Gasteiger partial charge in [-0.15, -0.1) is 0 Å². The van der Waals surface area contributed by atoms with E-state index in [2.05, 4.69) is 5.16 Å². The van der Waals surface area contributed by atoms with Gasteiger partial charge < -0.3 is 5.21 Å². The molecule has 3 nitrogen and oxygen atoms in total. The minimum Gasteiger partial charge on any atom is -0.411 e. The van der Waals surface area contributed by atoms with Gasteiger partial charge in [0.15, 0.2) is 5.71 Å². The zero-order chi connectivity index (χ0) is 11.6. The van der Waals surface area contributed by atoms with Crippen molar-refractivity contribution in [1.82, 2.24) is 0 Å². The molecule has 1 N–H and O–H groups in total. The number of ketones is 1. The minimum absolute atomic E-state index is 0.623. The molecule has 0 aliphatic heterocycles. The molecule has 0 spiro atoms. The van der Waals surface area contributed by atoms with Crippen LogP contribution in [-0.4, -0.2) is 22.9 Å². The Labute approximate surface area is 79.6 Å². The van der Waals surface area contributed by atoms with Crippen molar-refractivity contribution in [2.45, 2.75) is 33.4 Å². The van der Waals surface area contributed by atoms with Gasteiger partial charge >= 0.3 is 6.18 Å². The van der Waals surface area contributed by atoms with Gasteiger partial charge in [0, 0.05) is 5.41 Å². The molecule has 0 atom stereocenters. The molecule has 6 heteroatoms. The topological polar surface area (TPSA) is 49.7 Å². The van der Waals surface area contributed by atoms with Crippen molar-refractivity contribution in [2.75, 3.05) is 0 Å². The lowest BCUT2D eigenvalue weighted by atomic mass is 9.88. The first-order chi connectivity index (χ1) is 6.09. The van der Waals surface area contributed by atoms with Gasteiger partial charge in [0.25, 0.3) is 0 Å². The van der Waals surface area contributed by atoms with Crippen molar-refractivity contribution in [3.63, 3.8) is 0 Å². The van der Waals surface area contributed by atoms with Crippen LogP contribution in [-0.2, 0) is 4.79 Å². The Morgan fingerprint density at radius 1 is 1.29 bits per heavy atom. The molecule has 0 fully saturated rings. The van der Waals surface area contributed by atoms with E-state index in [0.29, 0.717) is 0 Å². The summed E-state index contributed by atoms with van der Waals surface area (Å²) >= 11 is 0. The molecule has 0 aromatic carbocycles. The summed E-state index contributed by atoms with van der Waals surface area (Å²) in [6.45, 7) is 4.50. The Morgan fingerprint density at radius 2 is 1.71 bits per heavy atom. The summed E-state index contributed by atoms with van der Waals surface area (Å²) in [5, 5.41) is 10.2. The number of carbonyl (C=O) groups is 1. The van der Waals surface area contributed by atoms with Crippen LogP contribution in [0.4, 0.5) is 13.2 Å². The van der Waals surface area contributed by atoms with Crippen LogP contribution >= 0.6 is 0 Å². The summed E-state index contributed by atoms with van der Waals surface area (Å²) in [4.78, 5) is 11.2. The quantitative estimate of drug-likeness (QED) is 0.433. The summed E-state index contributed by atoms with van der Waals surface area (Å²) in [6.07, 6.45) is -5.65. The molecule has 0 aliphatic rings. The lowest BCUT2D eigenvalue weighted by Gasteiger charge is -2.17. The molecular weight excluding hydrogens is 199 g/mol. The average Bonchev–Trinajstić information content (AvgIpc) is 1.95. The third-order valence-corrected chi connectivity index (χ3v) is 1.61. The Balaban J connectivity index is 4.61. The van der Waals surface area contributed by atoms with Crippen LogP contribution < -0.4 is 0 Å². The average molecular weight is 211 g/mol. The van der Waals surface area contributed by atoms with Gasteiger partial charge in [-0.2, -0.15) is 13.2 Å². The van der Waals surface area contributed by atoms with Crippen molar-refractivity contribution in [1.29, 1.82) is 0 Å². The predicted molar refractivity (Wildman–Crippen MR) is 44.4 cm³/mol. The summed E-state index contributed by atoms with van der Waals surface area (Å²) in [5.74, 6) is -0.623. The van der Waals surface area contributed by atoms with E-state index in [1.807, 2.05) is 0 Å². The summed E-state index contributed by atoms with van der Waals surface area (Å²) in [5.41, 5.74) is -2.33. The highest BCUT2D eigenvalue weighted by atomic mass is 19.4. The van der Waals surface area contributed by atoms with Crippen LogP contribution in [0, 0.1) is 5.41 Å². The normalized spacial score (nSPS) is 14.3. The zero-order valence-corrected chi connectivity index (χ0v) is 8.14. The fraction of sp³-hybridized carbons (Fsp3) is 0.750. The number of halogens is 3. The highest BCUT2D eigenvalue weighted by molar-refractivity contribution is 6.06. The van der Waals surface area contributed by atoms with E-state index in [0.717, 1.165) is 0 Å².